The lowest BCUT2D eigenvalue weighted by Crippen LogP contribution is -2.42. The van der Waals surface area contributed by atoms with E-state index in [0.29, 0.717) is 16.7 Å². The molecule has 84 valence electrons. The summed E-state index contributed by atoms with van der Waals surface area (Å²) in [5, 5.41) is 0. The van der Waals surface area contributed by atoms with E-state index in [9.17, 15) is 9.59 Å². The number of Topliss-reactive ketones (excluding diaryl/α,β-unsaturated/α-hetero) is 2. The van der Waals surface area contributed by atoms with Crippen LogP contribution in [0.2, 0.25) is 0 Å². The first-order valence-corrected chi connectivity index (χ1v) is 5.52. The summed E-state index contributed by atoms with van der Waals surface area (Å²) in [6.07, 6.45) is 5.20. The summed E-state index contributed by atoms with van der Waals surface area (Å²) in [4.78, 5) is 24.5. The van der Waals surface area contributed by atoms with Gasteiger partial charge in [0, 0.05) is 22.7 Å². The zero-order chi connectivity index (χ0) is 12.0. The molecule has 0 saturated carbocycles. The van der Waals surface area contributed by atoms with Crippen LogP contribution in [-0.2, 0) is 0 Å². The smallest absolute Gasteiger partial charge is 0.190 e. The van der Waals surface area contributed by atoms with Gasteiger partial charge in [-0.2, -0.15) is 0 Å². The minimum absolute atomic E-state index is 0.0525. The van der Waals surface area contributed by atoms with Crippen molar-refractivity contribution in [3.63, 3.8) is 0 Å². The quantitative estimate of drug-likeness (QED) is 0.728. The fraction of sp³-hybridized carbons (Fsp3) is 0.143. The van der Waals surface area contributed by atoms with Crippen LogP contribution in [0.5, 0.6) is 0 Å². The fourth-order valence-electron chi connectivity index (χ4n) is 2.46. The Hall–Kier alpha value is -2.00. The number of rotatable bonds is 0. The van der Waals surface area contributed by atoms with Gasteiger partial charge in [0.05, 0.1) is 5.92 Å². The van der Waals surface area contributed by atoms with Gasteiger partial charge in [-0.3, -0.25) is 9.59 Å². The van der Waals surface area contributed by atoms with Gasteiger partial charge in [-0.05, 0) is 0 Å². The van der Waals surface area contributed by atoms with Crippen LogP contribution in [0.1, 0.15) is 20.7 Å². The summed E-state index contributed by atoms with van der Waals surface area (Å²) < 4.78 is 0. The highest BCUT2D eigenvalue weighted by atomic mass is 16.1. The Morgan fingerprint density at radius 3 is 2.53 bits per heavy atom. The molecule has 0 heterocycles. The van der Waals surface area contributed by atoms with Crippen molar-refractivity contribution in [1.82, 2.24) is 0 Å². The molecule has 2 aliphatic rings. The average Bonchev–Trinajstić information content (AvgIpc) is 2.36. The molecule has 0 aliphatic heterocycles. The zero-order valence-corrected chi connectivity index (χ0v) is 9.09. The maximum Gasteiger partial charge on any atom is 0.190 e. The highest BCUT2D eigenvalue weighted by Crippen LogP contribution is 2.33. The van der Waals surface area contributed by atoms with Gasteiger partial charge in [-0.25, -0.2) is 0 Å². The zero-order valence-electron chi connectivity index (χ0n) is 9.09. The number of ketones is 2. The van der Waals surface area contributed by atoms with E-state index in [1.165, 1.54) is 0 Å². The first-order valence-electron chi connectivity index (χ1n) is 5.52. The number of carbonyl (C=O) groups excluding carboxylic acids is 2. The van der Waals surface area contributed by atoms with Crippen molar-refractivity contribution in [2.45, 2.75) is 6.04 Å². The lowest BCUT2D eigenvalue weighted by atomic mass is 9.73. The van der Waals surface area contributed by atoms with Crippen molar-refractivity contribution in [1.29, 1.82) is 0 Å². The Labute approximate surface area is 98.6 Å². The largest absolute Gasteiger partial charge is 0.324 e. The molecular weight excluding hydrogens is 214 g/mol. The standard InChI is InChI=1S/C14H11NO2/c15-11-7-3-6-10-12(11)14(17)9-5-2-1-4-8(9)13(10)16/h1-7,11-12H,15H2. The molecule has 0 fully saturated rings. The number of hydrogen-bond acceptors (Lipinski definition) is 3. The molecule has 0 saturated heterocycles. The van der Waals surface area contributed by atoms with Crippen LogP contribution in [0, 0.1) is 5.92 Å². The lowest BCUT2D eigenvalue weighted by Gasteiger charge is -2.29. The average molecular weight is 225 g/mol. The Bertz CT molecular complexity index is 584. The van der Waals surface area contributed by atoms with Crippen molar-refractivity contribution in [2.24, 2.45) is 11.7 Å². The van der Waals surface area contributed by atoms with Crippen LogP contribution in [0.15, 0.2) is 48.1 Å². The number of allylic oxidation sites excluding steroid dienone is 2. The van der Waals surface area contributed by atoms with Crippen LogP contribution < -0.4 is 5.73 Å². The highest BCUT2D eigenvalue weighted by Gasteiger charge is 2.39. The molecule has 2 unspecified atom stereocenters. The molecule has 3 rings (SSSR count). The summed E-state index contributed by atoms with van der Waals surface area (Å²) in [7, 11) is 0. The van der Waals surface area contributed by atoms with Gasteiger partial charge in [0.25, 0.3) is 0 Å². The first kappa shape index (κ1) is 10.2. The summed E-state index contributed by atoms with van der Waals surface area (Å²) in [6.45, 7) is 0. The van der Waals surface area contributed by atoms with Gasteiger partial charge in [0.15, 0.2) is 11.6 Å². The highest BCUT2D eigenvalue weighted by molar-refractivity contribution is 6.24. The third-order valence-corrected chi connectivity index (χ3v) is 3.31. The molecule has 3 nitrogen and oxygen atoms in total. The SMILES string of the molecule is NC1C=CC=C2C(=O)c3ccccc3C(=O)C21. The Kier molecular flexibility index (Phi) is 2.09. The van der Waals surface area contributed by atoms with Gasteiger partial charge < -0.3 is 5.73 Å². The summed E-state index contributed by atoms with van der Waals surface area (Å²) in [5.41, 5.74) is 7.40. The Morgan fingerprint density at radius 1 is 1.06 bits per heavy atom. The maximum atomic E-state index is 12.3. The second-order valence-corrected chi connectivity index (χ2v) is 4.30. The first-order chi connectivity index (χ1) is 8.20. The molecule has 0 radical (unpaired) electrons. The molecule has 0 bridgehead atoms. The van der Waals surface area contributed by atoms with Crippen molar-refractivity contribution in [3.05, 3.63) is 59.2 Å². The molecule has 2 aliphatic carbocycles. The lowest BCUT2D eigenvalue weighted by molar-refractivity contribution is 0.0874. The van der Waals surface area contributed by atoms with Crippen LogP contribution in [0.25, 0.3) is 0 Å². The summed E-state index contributed by atoms with van der Waals surface area (Å²) in [6, 6.07) is 6.51. The van der Waals surface area contributed by atoms with Gasteiger partial charge in [-0.1, -0.05) is 42.5 Å². The van der Waals surface area contributed by atoms with E-state index in [1.807, 2.05) is 0 Å². The van der Waals surface area contributed by atoms with Gasteiger partial charge >= 0.3 is 0 Å². The second kappa shape index (κ2) is 3.50. The third-order valence-electron chi connectivity index (χ3n) is 3.31. The molecule has 17 heavy (non-hydrogen) atoms. The summed E-state index contributed by atoms with van der Waals surface area (Å²) in [5.74, 6) is -0.643. The van der Waals surface area contributed by atoms with Crippen molar-refractivity contribution in [3.8, 4) is 0 Å². The van der Waals surface area contributed by atoms with E-state index in [0.717, 1.165) is 0 Å². The van der Waals surface area contributed by atoms with E-state index >= 15 is 0 Å². The van der Waals surface area contributed by atoms with Gasteiger partial charge in [-0.15, -0.1) is 0 Å². The van der Waals surface area contributed by atoms with Crippen LogP contribution in [0.4, 0.5) is 0 Å². The van der Waals surface area contributed by atoms with Crippen molar-refractivity contribution >= 4 is 11.6 Å². The van der Waals surface area contributed by atoms with E-state index in [2.05, 4.69) is 0 Å². The minimum atomic E-state index is -0.512. The van der Waals surface area contributed by atoms with Gasteiger partial charge in [0.1, 0.15) is 0 Å². The number of nitrogens with two attached hydrogens (primary N) is 1. The molecule has 2 atom stereocenters. The number of benzene rings is 1. The summed E-state index contributed by atoms with van der Waals surface area (Å²) >= 11 is 0. The van der Waals surface area contributed by atoms with E-state index in [1.54, 1.807) is 42.5 Å². The molecule has 0 spiro atoms. The number of hydrogen-bond donors (Lipinski definition) is 1. The normalized spacial score (nSPS) is 26.3. The molecule has 0 amide bonds. The minimum Gasteiger partial charge on any atom is -0.324 e. The molecule has 1 aromatic carbocycles. The van der Waals surface area contributed by atoms with Crippen LogP contribution >= 0.6 is 0 Å². The molecule has 1 aromatic rings. The van der Waals surface area contributed by atoms with E-state index in [4.69, 9.17) is 5.73 Å². The maximum absolute atomic E-state index is 12.3. The topological polar surface area (TPSA) is 60.2 Å². The number of fused-ring (bicyclic) bond motifs is 2. The monoisotopic (exact) mass is 225 g/mol. The Morgan fingerprint density at radius 2 is 1.76 bits per heavy atom. The second-order valence-electron chi connectivity index (χ2n) is 4.30. The molecule has 3 heteroatoms. The predicted molar refractivity (Wildman–Crippen MR) is 63.8 cm³/mol. The number of carbonyl (C=O) groups is 2. The molecular formula is C14H11NO2. The third kappa shape index (κ3) is 1.33. The van der Waals surface area contributed by atoms with E-state index < -0.39 is 12.0 Å². The van der Waals surface area contributed by atoms with Crippen molar-refractivity contribution in [2.75, 3.05) is 0 Å². The van der Waals surface area contributed by atoms with Crippen LogP contribution in [-0.4, -0.2) is 17.6 Å². The Balaban J connectivity index is 2.24. The predicted octanol–water partition coefficient (Wildman–Crippen LogP) is 1.51. The fourth-order valence-corrected chi connectivity index (χ4v) is 2.46. The van der Waals surface area contributed by atoms with Crippen molar-refractivity contribution < 1.29 is 9.59 Å². The molecule has 2 N–H and O–H groups in total. The van der Waals surface area contributed by atoms with E-state index in [-0.39, 0.29) is 11.6 Å². The van der Waals surface area contributed by atoms with Gasteiger partial charge in [0.2, 0.25) is 0 Å². The molecule has 0 aromatic heterocycles. The van der Waals surface area contributed by atoms with Crippen LogP contribution in [0.3, 0.4) is 0 Å².